The molecule has 1 aromatic carbocycles. The van der Waals surface area contributed by atoms with E-state index < -0.39 is 40.7 Å². The van der Waals surface area contributed by atoms with Crippen molar-refractivity contribution >= 4 is 29.7 Å². The Kier molecular flexibility index (Phi) is 4.06. The lowest BCUT2D eigenvalue weighted by atomic mass is 10.4. The van der Waals surface area contributed by atoms with Crippen molar-refractivity contribution in [1.82, 2.24) is 4.72 Å². The van der Waals surface area contributed by atoms with Crippen LogP contribution < -0.4 is 4.72 Å². The van der Waals surface area contributed by atoms with Crippen molar-refractivity contribution in [3.05, 3.63) is 24.3 Å². The summed E-state index contributed by atoms with van der Waals surface area (Å²) in [6, 6.07) is 5.01. The van der Waals surface area contributed by atoms with Crippen LogP contribution in [0.3, 0.4) is 0 Å². The third kappa shape index (κ3) is 3.59. The molecule has 0 unspecified atom stereocenters. The molecule has 0 radical (unpaired) electrons. The summed E-state index contributed by atoms with van der Waals surface area (Å²) in [6.07, 6.45) is 1.59. The molecule has 1 saturated carbocycles. The van der Waals surface area contributed by atoms with Crippen LogP contribution in [0.4, 0.5) is 0 Å². The van der Waals surface area contributed by atoms with Crippen LogP contribution in [0, 0.1) is 0 Å². The molecule has 128 valence electrons. The van der Waals surface area contributed by atoms with E-state index in [9.17, 15) is 25.3 Å². The highest BCUT2D eigenvalue weighted by atomic mass is 32.2. The molecule has 10 heteroatoms. The predicted octanol–water partition coefficient (Wildman–Crippen LogP) is 0.0881. The first-order valence-corrected chi connectivity index (χ1v) is 12.0. The van der Waals surface area contributed by atoms with Gasteiger partial charge in [-0.2, -0.15) is 0 Å². The Morgan fingerprint density at radius 3 is 2.22 bits per heavy atom. The highest BCUT2D eigenvalue weighted by Gasteiger charge is 2.38. The average Bonchev–Trinajstić information content (AvgIpc) is 3.19. The van der Waals surface area contributed by atoms with E-state index in [4.69, 9.17) is 0 Å². The highest BCUT2D eigenvalue weighted by molar-refractivity contribution is 7.96. The smallest absolute Gasteiger partial charge is 0.229 e. The van der Waals surface area contributed by atoms with Gasteiger partial charge < -0.3 is 0 Å². The van der Waals surface area contributed by atoms with Crippen molar-refractivity contribution in [1.29, 1.82) is 0 Å². The predicted molar refractivity (Wildman–Crippen MR) is 84.0 cm³/mol. The van der Waals surface area contributed by atoms with Crippen LogP contribution in [0.2, 0.25) is 0 Å². The standard InChI is InChI=1S/C13H17NO6S3/c15-21(16)7-6-13(9-21)22(17,18)11-2-1-3-12(8-11)23(19,20)14-10-4-5-10/h1-3,8,10,13-14H,4-7,9H2/t13-/m1/s1. The summed E-state index contributed by atoms with van der Waals surface area (Å²) in [6.45, 7) is 0. The van der Waals surface area contributed by atoms with Gasteiger partial charge in [-0.15, -0.1) is 0 Å². The van der Waals surface area contributed by atoms with Gasteiger partial charge in [-0.1, -0.05) is 6.07 Å². The minimum absolute atomic E-state index is 0.0436. The first kappa shape index (κ1) is 16.9. The fourth-order valence-electron chi connectivity index (χ4n) is 2.51. The van der Waals surface area contributed by atoms with E-state index in [-0.39, 0.29) is 28.0 Å². The summed E-state index contributed by atoms with van der Waals surface area (Å²) in [4.78, 5) is -0.274. The maximum Gasteiger partial charge on any atom is 0.240 e. The van der Waals surface area contributed by atoms with Crippen LogP contribution in [0.25, 0.3) is 0 Å². The monoisotopic (exact) mass is 379 g/mol. The van der Waals surface area contributed by atoms with E-state index in [1.165, 1.54) is 18.2 Å². The summed E-state index contributed by atoms with van der Waals surface area (Å²) in [5.74, 6) is -0.565. The van der Waals surface area contributed by atoms with Gasteiger partial charge in [-0.05, 0) is 37.5 Å². The van der Waals surface area contributed by atoms with Crippen LogP contribution in [0.5, 0.6) is 0 Å². The minimum Gasteiger partial charge on any atom is -0.229 e. The van der Waals surface area contributed by atoms with Gasteiger partial charge in [-0.3, -0.25) is 0 Å². The molecule has 1 aliphatic carbocycles. The van der Waals surface area contributed by atoms with Crippen LogP contribution in [0.15, 0.2) is 34.1 Å². The molecule has 1 aliphatic heterocycles. The zero-order valence-corrected chi connectivity index (χ0v) is 14.6. The van der Waals surface area contributed by atoms with Crippen LogP contribution in [-0.2, 0) is 29.7 Å². The van der Waals surface area contributed by atoms with Gasteiger partial charge in [0.1, 0.15) is 0 Å². The summed E-state index contributed by atoms with van der Waals surface area (Å²) in [5.41, 5.74) is 0. The number of hydrogen-bond donors (Lipinski definition) is 1. The Balaban J connectivity index is 1.93. The van der Waals surface area contributed by atoms with E-state index in [1.54, 1.807) is 0 Å². The van der Waals surface area contributed by atoms with Crippen LogP contribution in [-0.4, -0.2) is 48.1 Å². The van der Waals surface area contributed by atoms with Crippen molar-refractivity contribution < 1.29 is 25.3 Å². The Bertz CT molecular complexity index is 930. The molecule has 1 saturated heterocycles. The fraction of sp³-hybridized carbons (Fsp3) is 0.538. The number of nitrogens with one attached hydrogen (secondary N) is 1. The van der Waals surface area contributed by atoms with Gasteiger partial charge >= 0.3 is 0 Å². The fourth-order valence-corrected chi connectivity index (χ4v) is 8.33. The van der Waals surface area contributed by atoms with E-state index in [0.717, 1.165) is 18.9 Å². The second-order valence-corrected chi connectivity index (χ2v) is 12.1. The van der Waals surface area contributed by atoms with Crippen molar-refractivity contribution in [2.45, 2.75) is 40.3 Å². The summed E-state index contributed by atoms with van der Waals surface area (Å²) in [7, 11) is -11.0. The zero-order valence-electron chi connectivity index (χ0n) is 12.2. The molecule has 2 aliphatic rings. The van der Waals surface area contributed by atoms with Gasteiger partial charge in [0.15, 0.2) is 19.7 Å². The molecular formula is C13H17NO6S3. The molecule has 2 fully saturated rings. The van der Waals surface area contributed by atoms with Gasteiger partial charge in [0, 0.05) is 6.04 Å². The van der Waals surface area contributed by atoms with Crippen molar-refractivity contribution in [2.75, 3.05) is 11.5 Å². The van der Waals surface area contributed by atoms with E-state index in [0.29, 0.717) is 0 Å². The molecule has 0 bridgehead atoms. The molecule has 1 heterocycles. The molecule has 0 aromatic heterocycles. The second kappa shape index (κ2) is 5.54. The number of sulfone groups is 2. The SMILES string of the molecule is O=S1(=O)CC[C@@H](S(=O)(=O)c2cccc(S(=O)(=O)NC3CC3)c2)C1. The van der Waals surface area contributed by atoms with Crippen molar-refractivity contribution in [2.24, 2.45) is 0 Å². The first-order valence-electron chi connectivity index (χ1n) is 7.17. The average molecular weight is 379 g/mol. The van der Waals surface area contributed by atoms with E-state index in [2.05, 4.69) is 4.72 Å². The van der Waals surface area contributed by atoms with Gasteiger partial charge in [-0.25, -0.2) is 30.0 Å². The Morgan fingerprint density at radius 2 is 1.65 bits per heavy atom. The Hall–Kier alpha value is -0.970. The molecule has 23 heavy (non-hydrogen) atoms. The molecule has 1 N–H and O–H groups in total. The van der Waals surface area contributed by atoms with Gasteiger partial charge in [0.2, 0.25) is 10.0 Å². The van der Waals surface area contributed by atoms with E-state index in [1.807, 2.05) is 0 Å². The Labute approximate surface area is 136 Å². The highest BCUT2D eigenvalue weighted by Crippen LogP contribution is 2.27. The zero-order chi connectivity index (χ0) is 16.9. The lowest BCUT2D eigenvalue weighted by Gasteiger charge is -2.12. The molecular weight excluding hydrogens is 362 g/mol. The molecule has 0 spiro atoms. The topological polar surface area (TPSA) is 114 Å². The minimum atomic E-state index is -3.88. The third-order valence-corrected chi connectivity index (χ3v) is 9.66. The first-order chi connectivity index (χ1) is 10.6. The molecule has 7 nitrogen and oxygen atoms in total. The lowest BCUT2D eigenvalue weighted by Crippen LogP contribution is -2.26. The van der Waals surface area contributed by atoms with Gasteiger partial charge in [0.05, 0.1) is 26.5 Å². The molecule has 1 aromatic rings. The van der Waals surface area contributed by atoms with Crippen molar-refractivity contribution in [3.63, 3.8) is 0 Å². The maximum atomic E-state index is 12.6. The van der Waals surface area contributed by atoms with Crippen LogP contribution in [0.1, 0.15) is 19.3 Å². The number of hydrogen-bond acceptors (Lipinski definition) is 6. The Morgan fingerprint density at radius 1 is 1.00 bits per heavy atom. The number of benzene rings is 1. The summed E-state index contributed by atoms with van der Waals surface area (Å²) >= 11 is 0. The maximum absolute atomic E-state index is 12.6. The number of rotatable bonds is 5. The van der Waals surface area contributed by atoms with E-state index >= 15 is 0 Å². The van der Waals surface area contributed by atoms with Crippen molar-refractivity contribution in [3.8, 4) is 0 Å². The second-order valence-electron chi connectivity index (χ2n) is 5.94. The van der Waals surface area contributed by atoms with Gasteiger partial charge in [0.25, 0.3) is 0 Å². The molecule has 0 amide bonds. The lowest BCUT2D eigenvalue weighted by molar-refractivity contribution is 0.579. The summed E-state index contributed by atoms with van der Waals surface area (Å²) < 4.78 is 75.0. The molecule has 3 rings (SSSR count). The summed E-state index contributed by atoms with van der Waals surface area (Å²) in [5, 5.41) is -1.01. The quantitative estimate of drug-likeness (QED) is 0.775. The normalized spacial score (nSPS) is 24.6. The molecule has 1 atom stereocenters. The largest absolute Gasteiger partial charge is 0.240 e. The number of sulfonamides is 1. The third-order valence-electron chi connectivity index (χ3n) is 3.97. The van der Waals surface area contributed by atoms with Crippen LogP contribution >= 0.6 is 0 Å².